The average Bonchev–Trinajstić information content (AvgIpc) is 3.57. The standard InChI is InChI=1S/C32H28N8O5/c1-44-22-4-2-19(3-5-22)18-35-29-23-17-24-25(16-20(23)6-12-34-29)36-30(37-31(24)42)27(41)28-32(43)39(14-15-45-28)26-9-13-40(38-26)21-7-10-33-11-8-21/h2-13,16-17,27-28,41H,14-15,18H2,1H3,(H,34,35)(H,36,37,42)/t27?,28-/m1/s1. The van der Waals surface area contributed by atoms with Gasteiger partial charge in [0.05, 0.1) is 36.9 Å². The minimum atomic E-state index is -1.52. The number of ether oxygens (including phenoxy) is 2. The summed E-state index contributed by atoms with van der Waals surface area (Å²) in [6.45, 7) is 0.938. The molecule has 5 heterocycles. The molecule has 0 saturated carbocycles. The fourth-order valence-electron chi connectivity index (χ4n) is 5.34. The van der Waals surface area contributed by atoms with Gasteiger partial charge in [0, 0.05) is 42.8 Å². The van der Waals surface area contributed by atoms with Crippen molar-refractivity contribution in [2.75, 3.05) is 30.5 Å². The predicted octanol–water partition coefficient (Wildman–Crippen LogP) is 3.14. The molecule has 1 fully saturated rings. The quantitative estimate of drug-likeness (QED) is 0.220. The zero-order valence-corrected chi connectivity index (χ0v) is 24.1. The highest BCUT2D eigenvalue weighted by Crippen LogP contribution is 2.28. The Morgan fingerprint density at radius 2 is 1.89 bits per heavy atom. The number of hydrogen-bond donors (Lipinski definition) is 3. The van der Waals surface area contributed by atoms with Crippen LogP contribution in [0.3, 0.4) is 0 Å². The van der Waals surface area contributed by atoms with E-state index in [0.717, 1.165) is 27.8 Å². The van der Waals surface area contributed by atoms with E-state index in [0.29, 0.717) is 29.1 Å². The van der Waals surface area contributed by atoms with E-state index in [1.54, 1.807) is 66.9 Å². The summed E-state index contributed by atoms with van der Waals surface area (Å²) >= 11 is 0. The Kier molecular flexibility index (Phi) is 7.37. The van der Waals surface area contributed by atoms with Gasteiger partial charge < -0.3 is 24.9 Å². The lowest BCUT2D eigenvalue weighted by Gasteiger charge is -2.32. The largest absolute Gasteiger partial charge is 0.497 e. The van der Waals surface area contributed by atoms with Gasteiger partial charge >= 0.3 is 0 Å². The molecule has 1 amide bonds. The molecule has 3 N–H and O–H groups in total. The summed E-state index contributed by atoms with van der Waals surface area (Å²) in [6, 6.07) is 18.3. The summed E-state index contributed by atoms with van der Waals surface area (Å²) in [5.41, 5.74) is 1.73. The molecular weight excluding hydrogens is 576 g/mol. The van der Waals surface area contributed by atoms with Crippen molar-refractivity contribution in [3.63, 3.8) is 0 Å². The number of hydrogen-bond acceptors (Lipinski definition) is 10. The number of anilines is 2. The molecule has 0 bridgehead atoms. The number of carbonyl (C=O) groups excluding carboxylic acids is 1. The molecule has 0 aliphatic carbocycles. The van der Waals surface area contributed by atoms with Crippen molar-refractivity contribution in [3.8, 4) is 11.4 Å². The zero-order chi connectivity index (χ0) is 30.9. The van der Waals surface area contributed by atoms with Crippen molar-refractivity contribution in [1.29, 1.82) is 0 Å². The van der Waals surface area contributed by atoms with Crippen molar-refractivity contribution in [2.45, 2.75) is 18.8 Å². The average molecular weight is 605 g/mol. The van der Waals surface area contributed by atoms with Crippen LogP contribution in [0.4, 0.5) is 11.6 Å². The molecule has 4 aromatic heterocycles. The van der Waals surface area contributed by atoms with Gasteiger partial charge in [-0.2, -0.15) is 0 Å². The summed E-state index contributed by atoms with van der Waals surface area (Å²) < 4.78 is 12.6. The lowest BCUT2D eigenvalue weighted by molar-refractivity contribution is -0.143. The van der Waals surface area contributed by atoms with Gasteiger partial charge in [0.15, 0.2) is 11.9 Å². The third kappa shape index (κ3) is 5.46. The summed E-state index contributed by atoms with van der Waals surface area (Å²) in [5, 5.41) is 21.0. The predicted molar refractivity (Wildman–Crippen MR) is 166 cm³/mol. The molecule has 13 nitrogen and oxygen atoms in total. The van der Waals surface area contributed by atoms with Gasteiger partial charge in [0.1, 0.15) is 23.5 Å². The normalized spacial score (nSPS) is 15.8. The van der Waals surface area contributed by atoms with E-state index in [-0.39, 0.29) is 19.0 Å². The van der Waals surface area contributed by atoms with Crippen molar-refractivity contribution < 1.29 is 19.4 Å². The number of amides is 1. The molecule has 45 heavy (non-hydrogen) atoms. The zero-order valence-electron chi connectivity index (χ0n) is 24.1. The molecule has 13 heteroatoms. The van der Waals surface area contributed by atoms with Crippen LogP contribution in [0.25, 0.3) is 27.4 Å². The first-order valence-electron chi connectivity index (χ1n) is 14.2. The number of aromatic nitrogens is 6. The lowest BCUT2D eigenvalue weighted by atomic mass is 10.1. The van der Waals surface area contributed by atoms with Gasteiger partial charge in [0.2, 0.25) is 0 Å². The Morgan fingerprint density at radius 1 is 1.07 bits per heavy atom. The Morgan fingerprint density at radius 3 is 2.69 bits per heavy atom. The van der Waals surface area contributed by atoms with Crippen LogP contribution in [0.1, 0.15) is 17.5 Å². The highest BCUT2D eigenvalue weighted by Gasteiger charge is 2.38. The van der Waals surface area contributed by atoms with Gasteiger partial charge in [-0.25, -0.2) is 14.6 Å². The van der Waals surface area contributed by atoms with E-state index < -0.39 is 23.7 Å². The molecule has 1 aliphatic heterocycles. The molecule has 1 aliphatic rings. The summed E-state index contributed by atoms with van der Waals surface area (Å²) in [4.78, 5) is 43.9. The monoisotopic (exact) mass is 604 g/mol. The van der Waals surface area contributed by atoms with E-state index in [1.807, 2.05) is 30.3 Å². The summed E-state index contributed by atoms with van der Waals surface area (Å²) in [6.07, 6.45) is 3.91. The molecule has 226 valence electrons. The Balaban J connectivity index is 1.14. The molecule has 7 rings (SSSR count). The fourth-order valence-corrected chi connectivity index (χ4v) is 5.34. The smallest absolute Gasteiger partial charge is 0.260 e. The second kappa shape index (κ2) is 11.8. The Hall–Kier alpha value is -5.66. The number of fused-ring (bicyclic) bond motifs is 2. The second-order valence-electron chi connectivity index (χ2n) is 10.5. The number of nitrogens with zero attached hydrogens (tertiary/aromatic N) is 6. The number of carbonyl (C=O) groups is 1. The van der Waals surface area contributed by atoms with Crippen molar-refractivity contribution in [1.82, 2.24) is 29.7 Å². The molecular formula is C32H28N8O5. The van der Waals surface area contributed by atoms with Gasteiger partial charge in [-0.1, -0.05) is 12.1 Å². The first-order valence-corrected chi connectivity index (χ1v) is 14.2. The van der Waals surface area contributed by atoms with E-state index in [4.69, 9.17) is 9.47 Å². The Bertz CT molecular complexity index is 2060. The maximum Gasteiger partial charge on any atom is 0.260 e. The number of pyridine rings is 2. The number of aromatic amines is 1. The fraction of sp³-hybridized carbons (Fsp3) is 0.188. The van der Waals surface area contributed by atoms with Gasteiger partial charge in [-0.15, -0.1) is 5.10 Å². The maximum absolute atomic E-state index is 13.5. The minimum absolute atomic E-state index is 0.0683. The number of morpholine rings is 1. The number of aliphatic hydroxyl groups excluding tert-OH is 1. The van der Waals surface area contributed by atoms with Gasteiger partial charge in [-0.05, 0) is 53.4 Å². The van der Waals surface area contributed by atoms with Crippen molar-refractivity contribution in [3.05, 3.63) is 107 Å². The SMILES string of the molecule is COc1ccc(CNc2nccc3cc4nc(C(O)[C@H]5OCCN(c6ccn(-c7ccncc7)n6)C5=O)[nH]c(=O)c4cc23)cc1. The molecule has 2 aromatic carbocycles. The van der Waals surface area contributed by atoms with Crippen LogP contribution >= 0.6 is 0 Å². The summed E-state index contributed by atoms with van der Waals surface area (Å²) in [5.74, 6) is 1.24. The van der Waals surface area contributed by atoms with Crippen LogP contribution in [0.5, 0.6) is 5.75 Å². The first-order chi connectivity index (χ1) is 22.0. The molecule has 0 radical (unpaired) electrons. The third-order valence-electron chi connectivity index (χ3n) is 7.69. The topological polar surface area (TPSA) is 160 Å². The van der Waals surface area contributed by atoms with Crippen LogP contribution in [0, 0.1) is 0 Å². The molecule has 2 atom stereocenters. The maximum atomic E-state index is 13.5. The molecule has 1 saturated heterocycles. The third-order valence-corrected chi connectivity index (χ3v) is 7.69. The first kappa shape index (κ1) is 28.1. The van der Waals surface area contributed by atoms with Crippen LogP contribution in [0.2, 0.25) is 0 Å². The number of methoxy groups -OCH3 is 1. The highest BCUT2D eigenvalue weighted by molar-refractivity contribution is 6.01. The van der Waals surface area contributed by atoms with Gasteiger partial charge in [0.25, 0.3) is 11.5 Å². The molecule has 0 spiro atoms. The van der Waals surface area contributed by atoms with E-state index in [9.17, 15) is 14.7 Å². The van der Waals surface area contributed by atoms with Gasteiger partial charge in [-0.3, -0.25) is 19.5 Å². The lowest BCUT2D eigenvalue weighted by Crippen LogP contribution is -2.50. The number of H-pyrrole nitrogens is 1. The molecule has 1 unspecified atom stereocenters. The highest BCUT2D eigenvalue weighted by atomic mass is 16.5. The molecule has 6 aromatic rings. The van der Waals surface area contributed by atoms with E-state index >= 15 is 0 Å². The van der Waals surface area contributed by atoms with Crippen molar-refractivity contribution >= 4 is 39.2 Å². The number of nitrogens with one attached hydrogen (secondary N) is 2. The minimum Gasteiger partial charge on any atom is -0.497 e. The Labute approximate surface area is 256 Å². The summed E-state index contributed by atoms with van der Waals surface area (Å²) in [7, 11) is 1.62. The second-order valence-corrected chi connectivity index (χ2v) is 10.5. The van der Waals surface area contributed by atoms with E-state index in [2.05, 4.69) is 30.4 Å². The number of benzene rings is 2. The van der Waals surface area contributed by atoms with E-state index in [1.165, 1.54) is 4.90 Å². The van der Waals surface area contributed by atoms with Crippen molar-refractivity contribution in [2.24, 2.45) is 0 Å². The van der Waals surface area contributed by atoms with Crippen LogP contribution in [0.15, 0.2) is 90.2 Å². The van der Waals surface area contributed by atoms with Crippen LogP contribution in [-0.2, 0) is 16.1 Å². The van der Waals surface area contributed by atoms with Crippen LogP contribution in [-0.4, -0.2) is 67.1 Å². The number of rotatable bonds is 8. The van der Waals surface area contributed by atoms with Crippen LogP contribution < -0.4 is 20.5 Å². The number of aliphatic hydroxyl groups is 1.